The number of hydrogen-bond donors (Lipinski definition) is 3. The molecule has 0 aromatic heterocycles. The van der Waals surface area contributed by atoms with Crippen molar-refractivity contribution >= 4 is 6.21 Å². The topological polar surface area (TPSA) is 73.1 Å². The summed E-state index contributed by atoms with van der Waals surface area (Å²) in [6.07, 6.45) is 28.1. The quantitative estimate of drug-likeness (QED) is 0.245. The smallest absolute Gasteiger partial charge is 0.0576 e. The third kappa shape index (κ3) is 3.34. The van der Waals surface area contributed by atoms with Crippen LogP contribution in [0.25, 0.3) is 0 Å². The largest absolute Gasteiger partial charge is 0.396 e. The van der Waals surface area contributed by atoms with E-state index in [-0.39, 0.29) is 58.2 Å². The number of aliphatic imine (C=N–C) groups is 1. The molecule has 0 radical (unpaired) electrons. The van der Waals surface area contributed by atoms with Gasteiger partial charge >= 0.3 is 0 Å². The van der Waals surface area contributed by atoms with Crippen LogP contribution in [-0.4, -0.2) is 47.9 Å². The molecule has 0 aromatic carbocycles. The van der Waals surface area contributed by atoms with Crippen molar-refractivity contribution in [2.24, 2.45) is 73.0 Å². The molecule has 8 rings (SSSR count). The summed E-state index contributed by atoms with van der Waals surface area (Å²) in [4.78, 5) is 4.40. The second kappa shape index (κ2) is 9.64. The molecule has 0 amide bonds. The molecule has 4 saturated carbocycles. The van der Waals surface area contributed by atoms with Gasteiger partial charge < -0.3 is 15.3 Å². The molecule has 7 aliphatic carbocycles. The standard InChI is InChI=1S/C40H55NO3/c1-26-18-32-36(4)34-30(9-15-40(36)33(26)35(40,2)3)8-13-39(25-44)31(6-5-17-42)10-14-38(34,39)24-37(32)12-7-27(21-37)19-29(23-43)20-28-11-16-41-22-28/h8-9,11,13,15,18,22,27,29-31,33-34,42-44H,1,5-7,10,12,14,16-17,19-21,23-25H2,2-4H3. The minimum absolute atomic E-state index is 0.0213. The fourth-order valence-corrected chi connectivity index (χ4v) is 14.5. The van der Waals surface area contributed by atoms with Gasteiger partial charge in [0, 0.05) is 35.7 Å². The first kappa shape index (κ1) is 29.6. The molecule has 0 bridgehead atoms. The zero-order chi connectivity index (χ0) is 30.8. The summed E-state index contributed by atoms with van der Waals surface area (Å²) in [6.45, 7) is 13.9. The Morgan fingerprint density at radius 2 is 1.89 bits per heavy atom. The predicted octanol–water partition coefficient (Wildman–Crippen LogP) is 7.24. The van der Waals surface area contributed by atoms with Gasteiger partial charge in [-0.3, -0.25) is 4.99 Å². The highest BCUT2D eigenvalue weighted by Crippen LogP contribution is 2.91. The molecule has 0 saturated heterocycles. The van der Waals surface area contributed by atoms with Crippen LogP contribution in [0.15, 0.2) is 64.7 Å². The number of fused-ring (bicyclic) bond motifs is 1. The summed E-state index contributed by atoms with van der Waals surface area (Å²) in [6, 6.07) is 0. The van der Waals surface area contributed by atoms with Crippen molar-refractivity contribution in [3.05, 3.63) is 59.8 Å². The summed E-state index contributed by atoms with van der Waals surface area (Å²) < 4.78 is 0. The van der Waals surface area contributed by atoms with Crippen LogP contribution in [0.2, 0.25) is 0 Å². The van der Waals surface area contributed by atoms with Gasteiger partial charge in [0.1, 0.15) is 0 Å². The molecule has 44 heavy (non-hydrogen) atoms. The van der Waals surface area contributed by atoms with Crippen molar-refractivity contribution in [2.45, 2.75) is 85.0 Å². The minimum atomic E-state index is -0.222. The first-order valence-corrected chi connectivity index (χ1v) is 17.9. The lowest BCUT2D eigenvalue weighted by Crippen LogP contribution is -2.66. The zero-order valence-corrected chi connectivity index (χ0v) is 27.4. The number of allylic oxidation sites excluding steroid dienone is 7. The van der Waals surface area contributed by atoms with Gasteiger partial charge in [-0.2, -0.15) is 0 Å². The van der Waals surface area contributed by atoms with Crippen molar-refractivity contribution in [2.75, 3.05) is 26.4 Å². The van der Waals surface area contributed by atoms with E-state index in [0.29, 0.717) is 29.6 Å². The normalized spacial score (nSPS) is 49.0. The lowest BCUT2D eigenvalue weighted by molar-refractivity contribution is -0.161. The number of aliphatic hydroxyl groups is 3. The molecule has 11 unspecified atom stereocenters. The highest BCUT2D eigenvalue weighted by Gasteiger charge is 2.86. The zero-order valence-electron chi connectivity index (χ0n) is 27.4. The number of hydrogen-bond acceptors (Lipinski definition) is 4. The highest BCUT2D eigenvalue weighted by molar-refractivity contribution is 5.80. The highest BCUT2D eigenvalue weighted by atomic mass is 16.3. The fraction of sp³-hybridized carbons (Fsp3) is 0.725. The van der Waals surface area contributed by atoms with Gasteiger partial charge in [0.15, 0.2) is 0 Å². The maximum Gasteiger partial charge on any atom is 0.0576 e. The summed E-state index contributed by atoms with van der Waals surface area (Å²) in [5.74, 6) is 2.67. The predicted molar refractivity (Wildman–Crippen MR) is 177 cm³/mol. The van der Waals surface area contributed by atoms with E-state index in [4.69, 9.17) is 6.58 Å². The Bertz CT molecular complexity index is 1400. The van der Waals surface area contributed by atoms with Crippen LogP contribution >= 0.6 is 0 Å². The van der Waals surface area contributed by atoms with E-state index in [1.54, 1.807) is 5.57 Å². The first-order valence-electron chi connectivity index (χ1n) is 17.9. The van der Waals surface area contributed by atoms with Crippen LogP contribution in [0.5, 0.6) is 0 Å². The summed E-state index contributed by atoms with van der Waals surface area (Å²) in [5.41, 5.74) is 4.54. The van der Waals surface area contributed by atoms with Crippen molar-refractivity contribution in [1.29, 1.82) is 0 Å². The van der Waals surface area contributed by atoms with Gasteiger partial charge in [0.25, 0.3) is 0 Å². The molecule has 11 atom stereocenters. The van der Waals surface area contributed by atoms with Crippen LogP contribution in [0.1, 0.15) is 85.0 Å². The van der Waals surface area contributed by atoms with Gasteiger partial charge in [0.2, 0.25) is 0 Å². The molecule has 4 nitrogen and oxygen atoms in total. The monoisotopic (exact) mass is 597 g/mol. The number of aliphatic hydroxyl groups excluding tert-OH is 3. The van der Waals surface area contributed by atoms with Crippen LogP contribution in [0, 0.1) is 68.0 Å². The van der Waals surface area contributed by atoms with E-state index in [2.05, 4.69) is 62.2 Å². The molecular weight excluding hydrogens is 542 g/mol. The molecule has 3 N–H and O–H groups in total. The van der Waals surface area contributed by atoms with E-state index in [0.717, 1.165) is 38.6 Å². The van der Waals surface area contributed by atoms with Crippen molar-refractivity contribution in [1.82, 2.24) is 0 Å². The van der Waals surface area contributed by atoms with E-state index in [1.165, 1.54) is 43.3 Å². The fourth-order valence-electron chi connectivity index (χ4n) is 14.5. The Hall–Kier alpha value is -1.75. The summed E-state index contributed by atoms with van der Waals surface area (Å²) in [5, 5.41) is 31.9. The van der Waals surface area contributed by atoms with Gasteiger partial charge in [-0.15, -0.1) is 0 Å². The molecule has 8 aliphatic rings. The molecule has 4 heteroatoms. The Labute approximate surface area is 265 Å². The second-order valence-electron chi connectivity index (χ2n) is 17.4. The molecule has 1 heterocycles. The minimum Gasteiger partial charge on any atom is -0.396 e. The number of rotatable bonds is 9. The van der Waals surface area contributed by atoms with Gasteiger partial charge in [-0.25, -0.2) is 0 Å². The Balaban J connectivity index is 1.25. The van der Waals surface area contributed by atoms with Crippen molar-refractivity contribution in [3.8, 4) is 0 Å². The molecular formula is C40H55NO3. The van der Waals surface area contributed by atoms with Gasteiger partial charge in [-0.05, 0) is 122 Å². The Kier molecular flexibility index (Phi) is 6.50. The maximum absolute atomic E-state index is 11.6. The average Bonchev–Trinajstić information content (AvgIpc) is 3.51. The second-order valence-corrected chi connectivity index (χ2v) is 17.4. The van der Waals surface area contributed by atoms with Gasteiger partial charge in [-0.1, -0.05) is 75.0 Å². The van der Waals surface area contributed by atoms with Crippen LogP contribution in [0.4, 0.5) is 0 Å². The first-order chi connectivity index (χ1) is 21.1. The van der Waals surface area contributed by atoms with E-state index in [9.17, 15) is 15.3 Å². The molecule has 1 aliphatic heterocycles. The van der Waals surface area contributed by atoms with Crippen LogP contribution in [0.3, 0.4) is 0 Å². The third-order valence-electron chi connectivity index (χ3n) is 15.7. The third-order valence-corrected chi connectivity index (χ3v) is 15.7. The van der Waals surface area contributed by atoms with Crippen molar-refractivity contribution in [3.63, 3.8) is 0 Å². The Morgan fingerprint density at radius 1 is 1.07 bits per heavy atom. The van der Waals surface area contributed by atoms with Crippen LogP contribution in [-0.2, 0) is 0 Å². The lowest BCUT2D eigenvalue weighted by Gasteiger charge is -2.71. The van der Waals surface area contributed by atoms with E-state index in [1.807, 2.05) is 6.21 Å². The van der Waals surface area contributed by atoms with E-state index >= 15 is 0 Å². The molecule has 3 spiro atoms. The molecule has 238 valence electrons. The summed E-state index contributed by atoms with van der Waals surface area (Å²) >= 11 is 0. The van der Waals surface area contributed by atoms with Gasteiger partial charge in [0.05, 0.1) is 13.2 Å². The Morgan fingerprint density at radius 3 is 2.61 bits per heavy atom. The lowest BCUT2D eigenvalue weighted by atomic mass is 9.32. The van der Waals surface area contributed by atoms with Crippen molar-refractivity contribution < 1.29 is 15.3 Å². The maximum atomic E-state index is 11.6. The SMILES string of the molecule is C=C1C=C2C3(CCC(CC(CO)CC4=CCN=C4)C3)CC34CCC(CCCO)C3(CO)C=CC3C=CC5(C1C5(C)C)C2(C)C34. The average molecular weight is 598 g/mol. The summed E-state index contributed by atoms with van der Waals surface area (Å²) in [7, 11) is 0. The van der Waals surface area contributed by atoms with E-state index < -0.39 is 0 Å². The molecule has 0 aromatic rings. The number of nitrogens with zero attached hydrogens (tertiary/aromatic N) is 1. The van der Waals surface area contributed by atoms with Crippen LogP contribution < -0.4 is 0 Å². The molecule has 4 fully saturated rings.